The number of halogens is 1. The van der Waals surface area contributed by atoms with Gasteiger partial charge in [-0.15, -0.1) is 0 Å². The molecule has 1 N–H and O–H groups in total. The lowest BCUT2D eigenvalue weighted by atomic mass is 10.1. The minimum atomic E-state index is -0.649. The summed E-state index contributed by atoms with van der Waals surface area (Å²) in [4.78, 5) is 27.1. The Kier molecular flexibility index (Phi) is 3.70. The zero-order valence-electron chi connectivity index (χ0n) is 13.5. The first-order valence-electron chi connectivity index (χ1n) is 7.98. The standard InChI is InChI=1S/C20H15ClN2O2/c1-12(19(24)22-15-8-4-7-14(21)11-15)23-17-10-3-6-13-5-2-9-16(18(13)17)20(23)25/h2-12H,1H3,(H,22,24)/t12-/m0/s1. The number of anilines is 2. The van der Waals surface area contributed by atoms with E-state index in [1.807, 2.05) is 30.3 Å². The average molecular weight is 351 g/mol. The molecule has 0 saturated carbocycles. The maximum atomic E-state index is 12.9. The Morgan fingerprint density at radius 1 is 1.08 bits per heavy atom. The largest absolute Gasteiger partial charge is 0.324 e. The van der Waals surface area contributed by atoms with Gasteiger partial charge in [0.2, 0.25) is 5.91 Å². The van der Waals surface area contributed by atoms with Gasteiger partial charge < -0.3 is 5.32 Å². The molecular formula is C20H15ClN2O2. The number of nitrogens with zero attached hydrogens (tertiary/aromatic N) is 1. The van der Waals surface area contributed by atoms with E-state index in [-0.39, 0.29) is 11.8 Å². The van der Waals surface area contributed by atoms with Crippen molar-refractivity contribution in [3.05, 3.63) is 71.2 Å². The van der Waals surface area contributed by atoms with Gasteiger partial charge in [0.05, 0.1) is 5.69 Å². The van der Waals surface area contributed by atoms with Crippen LogP contribution in [-0.2, 0) is 4.79 Å². The van der Waals surface area contributed by atoms with Crippen LogP contribution in [0.15, 0.2) is 60.7 Å². The van der Waals surface area contributed by atoms with Crippen molar-refractivity contribution < 1.29 is 9.59 Å². The lowest BCUT2D eigenvalue weighted by Gasteiger charge is -2.24. The van der Waals surface area contributed by atoms with Crippen LogP contribution in [0.25, 0.3) is 10.8 Å². The molecule has 0 fully saturated rings. The molecule has 4 nitrogen and oxygen atoms in total. The molecule has 0 spiro atoms. The molecule has 0 aliphatic carbocycles. The summed E-state index contributed by atoms with van der Waals surface area (Å²) in [5, 5.41) is 5.26. The van der Waals surface area contributed by atoms with Crippen LogP contribution in [0, 0.1) is 0 Å². The zero-order valence-corrected chi connectivity index (χ0v) is 14.2. The summed E-state index contributed by atoms with van der Waals surface area (Å²) in [6.07, 6.45) is 0. The molecule has 1 atom stereocenters. The number of rotatable bonds is 3. The van der Waals surface area contributed by atoms with E-state index in [2.05, 4.69) is 5.32 Å². The molecule has 0 aromatic heterocycles. The summed E-state index contributed by atoms with van der Waals surface area (Å²) in [6, 6.07) is 17.7. The van der Waals surface area contributed by atoms with Gasteiger partial charge in [0.15, 0.2) is 0 Å². The summed E-state index contributed by atoms with van der Waals surface area (Å²) < 4.78 is 0. The Balaban J connectivity index is 1.67. The number of carbonyl (C=O) groups excluding carboxylic acids is 2. The predicted octanol–water partition coefficient (Wildman–Crippen LogP) is 4.48. The van der Waals surface area contributed by atoms with Gasteiger partial charge in [-0.25, -0.2) is 0 Å². The molecule has 5 heteroatoms. The van der Waals surface area contributed by atoms with E-state index in [1.165, 1.54) is 0 Å². The lowest BCUT2D eigenvalue weighted by Crippen LogP contribution is -2.44. The molecule has 0 saturated heterocycles. The molecule has 2 amide bonds. The van der Waals surface area contributed by atoms with Crippen molar-refractivity contribution in [2.24, 2.45) is 0 Å². The van der Waals surface area contributed by atoms with Crippen LogP contribution in [0.5, 0.6) is 0 Å². The van der Waals surface area contributed by atoms with Crippen LogP contribution in [0.4, 0.5) is 11.4 Å². The maximum Gasteiger partial charge on any atom is 0.259 e. The molecule has 4 rings (SSSR count). The van der Waals surface area contributed by atoms with Gasteiger partial charge in [-0.3, -0.25) is 14.5 Å². The molecule has 3 aromatic carbocycles. The Morgan fingerprint density at radius 3 is 2.56 bits per heavy atom. The van der Waals surface area contributed by atoms with Crippen molar-refractivity contribution in [2.45, 2.75) is 13.0 Å². The molecule has 25 heavy (non-hydrogen) atoms. The highest BCUT2D eigenvalue weighted by atomic mass is 35.5. The Labute approximate surface area is 150 Å². The Hall–Kier alpha value is -2.85. The first-order chi connectivity index (χ1) is 12.1. The molecule has 0 unspecified atom stereocenters. The fraction of sp³-hybridized carbons (Fsp3) is 0.100. The zero-order chi connectivity index (χ0) is 17.6. The van der Waals surface area contributed by atoms with E-state index in [0.29, 0.717) is 16.3 Å². The monoisotopic (exact) mass is 350 g/mol. The summed E-state index contributed by atoms with van der Waals surface area (Å²) in [5.74, 6) is -0.416. The Morgan fingerprint density at radius 2 is 1.80 bits per heavy atom. The molecular weight excluding hydrogens is 336 g/mol. The van der Waals surface area contributed by atoms with Crippen molar-refractivity contribution in [1.29, 1.82) is 0 Å². The number of carbonyl (C=O) groups is 2. The van der Waals surface area contributed by atoms with Gasteiger partial charge in [-0.05, 0) is 42.6 Å². The van der Waals surface area contributed by atoms with E-state index in [0.717, 1.165) is 16.5 Å². The second kappa shape index (κ2) is 5.90. The number of nitrogens with one attached hydrogen (secondary N) is 1. The second-order valence-electron chi connectivity index (χ2n) is 6.03. The number of hydrogen-bond donors (Lipinski definition) is 1. The first kappa shape index (κ1) is 15.7. The van der Waals surface area contributed by atoms with Gasteiger partial charge in [0.1, 0.15) is 6.04 Å². The fourth-order valence-corrected chi connectivity index (χ4v) is 3.44. The molecule has 3 aromatic rings. The molecule has 1 aliphatic rings. The molecule has 1 aliphatic heterocycles. The van der Waals surface area contributed by atoms with Crippen LogP contribution in [-0.4, -0.2) is 17.9 Å². The number of benzene rings is 3. The highest BCUT2D eigenvalue weighted by Crippen LogP contribution is 2.38. The van der Waals surface area contributed by atoms with Gasteiger partial charge >= 0.3 is 0 Å². The third-order valence-electron chi connectivity index (χ3n) is 4.45. The van der Waals surface area contributed by atoms with Gasteiger partial charge in [0, 0.05) is 21.7 Å². The third-order valence-corrected chi connectivity index (χ3v) is 4.69. The minimum Gasteiger partial charge on any atom is -0.324 e. The van der Waals surface area contributed by atoms with Crippen LogP contribution in [0.3, 0.4) is 0 Å². The van der Waals surface area contributed by atoms with Crippen molar-refractivity contribution in [3.63, 3.8) is 0 Å². The van der Waals surface area contributed by atoms with E-state index in [4.69, 9.17) is 11.6 Å². The maximum absolute atomic E-state index is 12.9. The van der Waals surface area contributed by atoms with Gasteiger partial charge in [-0.1, -0.05) is 41.9 Å². The predicted molar refractivity (Wildman–Crippen MR) is 100 cm³/mol. The van der Waals surface area contributed by atoms with Crippen LogP contribution < -0.4 is 10.2 Å². The van der Waals surface area contributed by atoms with Crippen LogP contribution >= 0.6 is 11.6 Å². The smallest absolute Gasteiger partial charge is 0.259 e. The number of hydrogen-bond acceptors (Lipinski definition) is 2. The molecule has 124 valence electrons. The van der Waals surface area contributed by atoms with Crippen molar-refractivity contribution in [1.82, 2.24) is 0 Å². The fourth-order valence-electron chi connectivity index (χ4n) is 3.25. The average Bonchev–Trinajstić information content (AvgIpc) is 2.89. The van der Waals surface area contributed by atoms with E-state index < -0.39 is 6.04 Å². The number of amides is 2. The topological polar surface area (TPSA) is 49.4 Å². The van der Waals surface area contributed by atoms with E-state index in [9.17, 15) is 9.59 Å². The normalized spacial score (nSPS) is 14.0. The van der Waals surface area contributed by atoms with Crippen molar-refractivity contribution >= 4 is 45.6 Å². The second-order valence-corrected chi connectivity index (χ2v) is 6.47. The highest BCUT2D eigenvalue weighted by Gasteiger charge is 2.35. The molecule has 0 bridgehead atoms. The first-order valence-corrected chi connectivity index (χ1v) is 8.36. The summed E-state index contributed by atoms with van der Waals surface area (Å²) >= 11 is 5.96. The lowest BCUT2D eigenvalue weighted by molar-refractivity contribution is -0.117. The van der Waals surface area contributed by atoms with Crippen molar-refractivity contribution in [2.75, 3.05) is 10.2 Å². The quantitative estimate of drug-likeness (QED) is 0.757. The van der Waals surface area contributed by atoms with Crippen LogP contribution in [0.1, 0.15) is 17.3 Å². The molecule has 1 heterocycles. The molecule has 0 radical (unpaired) electrons. The van der Waals surface area contributed by atoms with Crippen molar-refractivity contribution in [3.8, 4) is 0 Å². The van der Waals surface area contributed by atoms with Gasteiger partial charge in [-0.2, -0.15) is 0 Å². The summed E-state index contributed by atoms with van der Waals surface area (Å²) in [6.45, 7) is 1.72. The SMILES string of the molecule is C[C@@H](C(=O)Nc1cccc(Cl)c1)N1C(=O)c2cccc3cccc1c23. The van der Waals surface area contributed by atoms with E-state index >= 15 is 0 Å². The van der Waals surface area contributed by atoms with Crippen LogP contribution in [0.2, 0.25) is 5.02 Å². The third kappa shape index (κ3) is 2.55. The summed E-state index contributed by atoms with van der Waals surface area (Å²) in [7, 11) is 0. The van der Waals surface area contributed by atoms with Gasteiger partial charge in [0.25, 0.3) is 5.91 Å². The Bertz CT molecular complexity index is 1010. The van der Waals surface area contributed by atoms with E-state index in [1.54, 1.807) is 42.2 Å². The minimum absolute atomic E-state index is 0.152. The summed E-state index contributed by atoms with van der Waals surface area (Å²) in [5.41, 5.74) is 2.01. The highest BCUT2D eigenvalue weighted by molar-refractivity contribution is 6.31.